The molecule has 0 amide bonds. The molecule has 1 aliphatic rings. The molecular formula is C14H18F3NO2. The highest BCUT2D eigenvalue weighted by atomic mass is 19.4. The van der Waals surface area contributed by atoms with Gasteiger partial charge in [0, 0.05) is 19.1 Å². The quantitative estimate of drug-likeness (QED) is 0.844. The van der Waals surface area contributed by atoms with Crippen molar-refractivity contribution in [2.24, 2.45) is 0 Å². The number of hydrogen-bond donors (Lipinski definition) is 2. The Morgan fingerprint density at radius 1 is 1.30 bits per heavy atom. The predicted molar refractivity (Wildman–Crippen MR) is 68.1 cm³/mol. The van der Waals surface area contributed by atoms with Gasteiger partial charge in [0.05, 0.1) is 18.3 Å². The van der Waals surface area contributed by atoms with Crippen LogP contribution in [-0.2, 0) is 6.18 Å². The normalized spacial score (nSPS) is 17.5. The van der Waals surface area contributed by atoms with Crippen molar-refractivity contribution in [3.63, 3.8) is 0 Å². The van der Waals surface area contributed by atoms with Crippen LogP contribution in [0.2, 0.25) is 0 Å². The van der Waals surface area contributed by atoms with E-state index in [-0.39, 0.29) is 18.7 Å². The van der Waals surface area contributed by atoms with Gasteiger partial charge in [-0.2, -0.15) is 13.2 Å². The summed E-state index contributed by atoms with van der Waals surface area (Å²) in [6.45, 7) is 0.652. The van der Waals surface area contributed by atoms with E-state index in [1.165, 1.54) is 12.1 Å². The van der Waals surface area contributed by atoms with Crippen LogP contribution in [0, 0.1) is 0 Å². The summed E-state index contributed by atoms with van der Waals surface area (Å²) in [5.74, 6) is 0. The number of aliphatic hydroxyl groups is 2. The molecule has 1 atom stereocenters. The van der Waals surface area contributed by atoms with E-state index in [1.807, 2.05) is 4.90 Å². The molecule has 0 bridgehead atoms. The third-order valence-electron chi connectivity index (χ3n) is 3.46. The van der Waals surface area contributed by atoms with Gasteiger partial charge in [0.25, 0.3) is 0 Å². The Labute approximate surface area is 115 Å². The Kier molecular flexibility index (Phi) is 4.67. The van der Waals surface area contributed by atoms with Gasteiger partial charge in [-0.05, 0) is 30.5 Å². The molecule has 0 spiro atoms. The van der Waals surface area contributed by atoms with Crippen molar-refractivity contribution >= 4 is 0 Å². The molecule has 0 heterocycles. The van der Waals surface area contributed by atoms with E-state index >= 15 is 0 Å². The van der Waals surface area contributed by atoms with Gasteiger partial charge in [-0.15, -0.1) is 0 Å². The molecule has 1 saturated carbocycles. The maximum Gasteiger partial charge on any atom is 0.416 e. The molecule has 2 rings (SSSR count). The van der Waals surface area contributed by atoms with E-state index in [0.29, 0.717) is 12.6 Å². The fourth-order valence-electron chi connectivity index (χ4n) is 2.24. The fraction of sp³-hybridized carbons (Fsp3) is 0.571. The van der Waals surface area contributed by atoms with Crippen LogP contribution in [0.1, 0.15) is 30.1 Å². The molecule has 20 heavy (non-hydrogen) atoms. The number of nitrogens with zero attached hydrogens (tertiary/aromatic N) is 1. The number of alkyl halides is 3. The molecule has 6 heteroatoms. The summed E-state index contributed by atoms with van der Waals surface area (Å²) in [6.07, 6.45) is -3.37. The summed E-state index contributed by atoms with van der Waals surface area (Å²) in [5.41, 5.74) is -0.502. The number of hydrogen-bond acceptors (Lipinski definition) is 3. The second kappa shape index (κ2) is 6.11. The minimum Gasteiger partial charge on any atom is -0.395 e. The van der Waals surface area contributed by atoms with E-state index in [4.69, 9.17) is 5.11 Å². The fourth-order valence-corrected chi connectivity index (χ4v) is 2.24. The first-order valence-electron chi connectivity index (χ1n) is 6.62. The first kappa shape index (κ1) is 15.3. The lowest BCUT2D eigenvalue weighted by atomic mass is 10.1. The second-order valence-electron chi connectivity index (χ2n) is 5.09. The van der Waals surface area contributed by atoms with Crippen LogP contribution in [0.4, 0.5) is 13.2 Å². The van der Waals surface area contributed by atoms with Crippen LogP contribution in [0.3, 0.4) is 0 Å². The maximum absolute atomic E-state index is 12.6. The Hall–Kier alpha value is -1.11. The molecule has 0 aromatic heterocycles. The van der Waals surface area contributed by atoms with Crippen molar-refractivity contribution in [1.29, 1.82) is 0 Å². The van der Waals surface area contributed by atoms with Crippen LogP contribution in [0.15, 0.2) is 24.3 Å². The minimum absolute atomic E-state index is 0.0220. The molecule has 112 valence electrons. The average Bonchev–Trinajstić information content (AvgIpc) is 3.21. The zero-order chi connectivity index (χ0) is 14.8. The monoisotopic (exact) mass is 289 g/mol. The third-order valence-corrected chi connectivity index (χ3v) is 3.46. The lowest BCUT2D eigenvalue weighted by Crippen LogP contribution is -2.33. The van der Waals surface area contributed by atoms with Gasteiger partial charge >= 0.3 is 6.18 Å². The number of halogens is 3. The van der Waals surface area contributed by atoms with Crippen molar-refractivity contribution in [3.8, 4) is 0 Å². The largest absolute Gasteiger partial charge is 0.416 e. The standard InChI is InChI=1S/C14H18F3NO2/c15-14(16,17)11-3-1-2-10(8-11)13(20)9-18(6-7-19)12-4-5-12/h1-3,8,12-13,19-20H,4-7,9H2. The summed E-state index contributed by atoms with van der Waals surface area (Å²) in [5, 5.41) is 19.1. The molecule has 0 saturated heterocycles. The van der Waals surface area contributed by atoms with E-state index < -0.39 is 17.8 Å². The van der Waals surface area contributed by atoms with Crippen molar-refractivity contribution in [3.05, 3.63) is 35.4 Å². The molecule has 2 N–H and O–H groups in total. The molecule has 3 nitrogen and oxygen atoms in total. The molecule has 1 aliphatic carbocycles. The molecule has 1 aromatic carbocycles. The highest BCUT2D eigenvalue weighted by molar-refractivity contribution is 5.27. The van der Waals surface area contributed by atoms with Crippen LogP contribution in [0.25, 0.3) is 0 Å². The summed E-state index contributed by atoms with van der Waals surface area (Å²) >= 11 is 0. The second-order valence-corrected chi connectivity index (χ2v) is 5.09. The molecule has 0 radical (unpaired) electrons. The molecular weight excluding hydrogens is 271 g/mol. The van der Waals surface area contributed by atoms with Crippen LogP contribution in [-0.4, -0.2) is 40.9 Å². The van der Waals surface area contributed by atoms with Gasteiger partial charge in [0.2, 0.25) is 0 Å². The highest BCUT2D eigenvalue weighted by Gasteiger charge is 2.32. The Morgan fingerprint density at radius 3 is 2.55 bits per heavy atom. The maximum atomic E-state index is 12.6. The average molecular weight is 289 g/mol. The molecule has 0 aliphatic heterocycles. The van der Waals surface area contributed by atoms with Gasteiger partial charge in [0.15, 0.2) is 0 Å². The Morgan fingerprint density at radius 2 is 2.00 bits per heavy atom. The molecule has 1 fully saturated rings. The van der Waals surface area contributed by atoms with Crippen molar-refractivity contribution in [1.82, 2.24) is 4.90 Å². The predicted octanol–water partition coefficient (Wildman–Crippen LogP) is 2.20. The summed E-state index contributed by atoms with van der Waals surface area (Å²) in [7, 11) is 0. The smallest absolute Gasteiger partial charge is 0.395 e. The van der Waals surface area contributed by atoms with E-state index in [1.54, 1.807) is 0 Å². The first-order chi connectivity index (χ1) is 9.41. The summed E-state index contributed by atoms with van der Waals surface area (Å²) < 4.78 is 37.9. The van der Waals surface area contributed by atoms with Gasteiger partial charge in [-0.3, -0.25) is 4.90 Å². The lowest BCUT2D eigenvalue weighted by Gasteiger charge is -2.24. The lowest BCUT2D eigenvalue weighted by molar-refractivity contribution is -0.137. The minimum atomic E-state index is -4.41. The molecule has 1 unspecified atom stereocenters. The van der Waals surface area contributed by atoms with Crippen molar-refractivity contribution < 1.29 is 23.4 Å². The van der Waals surface area contributed by atoms with Gasteiger partial charge in [-0.25, -0.2) is 0 Å². The molecule has 1 aromatic rings. The highest BCUT2D eigenvalue weighted by Crippen LogP contribution is 2.32. The van der Waals surface area contributed by atoms with Crippen molar-refractivity contribution in [2.45, 2.75) is 31.2 Å². The van der Waals surface area contributed by atoms with Crippen LogP contribution >= 0.6 is 0 Å². The van der Waals surface area contributed by atoms with Crippen LogP contribution < -0.4 is 0 Å². The third kappa shape index (κ3) is 3.94. The van der Waals surface area contributed by atoms with E-state index in [2.05, 4.69) is 0 Å². The zero-order valence-electron chi connectivity index (χ0n) is 11.0. The Balaban J connectivity index is 2.06. The van der Waals surface area contributed by atoms with Crippen LogP contribution in [0.5, 0.6) is 0 Å². The first-order valence-corrected chi connectivity index (χ1v) is 6.62. The Bertz CT molecular complexity index is 446. The van der Waals surface area contributed by atoms with E-state index in [9.17, 15) is 18.3 Å². The SMILES string of the molecule is OCCN(CC(O)c1cccc(C(F)(F)F)c1)C1CC1. The van der Waals surface area contributed by atoms with Gasteiger partial charge in [-0.1, -0.05) is 12.1 Å². The topological polar surface area (TPSA) is 43.7 Å². The van der Waals surface area contributed by atoms with Gasteiger partial charge < -0.3 is 10.2 Å². The zero-order valence-corrected chi connectivity index (χ0v) is 11.0. The van der Waals surface area contributed by atoms with Gasteiger partial charge in [0.1, 0.15) is 0 Å². The van der Waals surface area contributed by atoms with Crippen molar-refractivity contribution in [2.75, 3.05) is 19.7 Å². The number of aliphatic hydroxyl groups excluding tert-OH is 2. The van der Waals surface area contributed by atoms with E-state index in [0.717, 1.165) is 25.0 Å². The summed E-state index contributed by atoms with van der Waals surface area (Å²) in [6, 6.07) is 5.10. The number of rotatable bonds is 6. The summed E-state index contributed by atoms with van der Waals surface area (Å²) in [4.78, 5) is 1.92. The number of benzene rings is 1.